The van der Waals surface area contributed by atoms with Crippen molar-refractivity contribution in [3.63, 3.8) is 0 Å². The lowest BCUT2D eigenvalue weighted by Gasteiger charge is -2.05. The van der Waals surface area contributed by atoms with Gasteiger partial charge in [0.25, 0.3) is 5.69 Å². The van der Waals surface area contributed by atoms with Crippen LogP contribution in [0.1, 0.15) is 20.7 Å². The summed E-state index contributed by atoms with van der Waals surface area (Å²) in [5.41, 5.74) is -1.94. The van der Waals surface area contributed by atoms with Crippen molar-refractivity contribution >= 4 is 17.6 Å². The van der Waals surface area contributed by atoms with E-state index in [4.69, 9.17) is 0 Å². The third kappa shape index (κ3) is 2.42. The van der Waals surface area contributed by atoms with Crippen LogP contribution in [-0.4, -0.2) is 31.1 Å². The van der Waals surface area contributed by atoms with E-state index in [1.165, 1.54) is 0 Å². The summed E-state index contributed by atoms with van der Waals surface area (Å²) in [4.78, 5) is 32.2. The molecule has 96 valence electrons. The van der Waals surface area contributed by atoms with Crippen LogP contribution in [0, 0.1) is 15.9 Å². The Morgan fingerprint density at radius 1 is 1.17 bits per heavy atom. The van der Waals surface area contributed by atoms with E-state index in [2.05, 4.69) is 9.47 Å². The molecule has 0 aliphatic carbocycles. The van der Waals surface area contributed by atoms with E-state index < -0.39 is 39.5 Å². The number of carbonyl (C=O) groups is 2. The predicted molar refractivity (Wildman–Crippen MR) is 55.7 cm³/mol. The third-order valence-electron chi connectivity index (χ3n) is 2.09. The van der Waals surface area contributed by atoms with E-state index in [1.54, 1.807) is 0 Å². The smallest absolute Gasteiger partial charge is 0.344 e. The molecule has 1 aromatic rings. The van der Waals surface area contributed by atoms with E-state index in [-0.39, 0.29) is 0 Å². The van der Waals surface area contributed by atoms with Crippen LogP contribution in [-0.2, 0) is 9.47 Å². The monoisotopic (exact) mass is 257 g/mol. The standard InChI is InChI=1S/C10H8FNO6/c1-17-9(13)5-4-8(12(15)16)6(3-7(5)11)10(14)18-2/h3-4H,1-2H3. The second-order valence-electron chi connectivity index (χ2n) is 3.09. The minimum atomic E-state index is -1.10. The largest absolute Gasteiger partial charge is 0.465 e. The maximum Gasteiger partial charge on any atom is 0.344 e. The summed E-state index contributed by atoms with van der Waals surface area (Å²) < 4.78 is 22.0. The van der Waals surface area contributed by atoms with Crippen LogP contribution in [0.2, 0.25) is 0 Å². The van der Waals surface area contributed by atoms with Gasteiger partial charge in [0.15, 0.2) is 0 Å². The summed E-state index contributed by atoms with van der Waals surface area (Å²) in [5, 5.41) is 10.7. The molecule has 7 nitrogen and oxygen atoms in total. The van der Waals surface area contributed by atoms with Crippen molar-refractivity contribution in [3.8, 4) is 0 Å². The first-order valence-electron chi connectivity index (χ1n) is 4.57. The number of carbonyl (C=O) groups excluding carboxylic acids is 2. The van der Waals surface area contributed by atoms with Crippen molar-refractivity contribution in [1.29, 1.82) is 0 Å². The second kappa shape index (κ2) is 5.21. The van der Waals surface area contributed by atoms with Gasteiger partial charge in [-0.05, 0) is 6.07 Å². The average molecular weight is 257 g/mol. The number of ether oxygens (including phenoxy) is 2. The van der Waals surface area contributed by atoms with E-state index in [0.717, 1.165) is 14.2 Å². The third-order valence-corrected chi connectivity index (χ3v) is 2.09. The Morgan fingerprint density at radius 2 is 1.67 bits per heavy atom. The van der Waals surface area contributed by atoms with Crippen molar-refractivity contribution in [2.75, 3.05) is 14.2 Å². The first-order chi connectivity index (χ1) is 8.42. The number of hydrogen-bond donors (Lipinski definition) is 0. The van der Waals surface area contributed by atoms with Gasteiger partial charge in [-0.15, -0.1) is 0 Å². The molecule has 0 heterocycles. The minimum absolute atomic E-state index is 0.566. The first-order valence-corrected chi connectivity index (χ1v) is 4.57. The van der Waals surface area contributed by atoms with Gasteiger partial charge in [0.05, 0.1) is 19.1 Å². The van der Waals surface area contributed by atoms with E-state index in [0.29, 0.717) is 12.1 Å². The number of benzene rings is 1. The number of nitro benzene ring substituents is 1. The van der Waals surface area contributed by atoms with Crippen molar-refractivity contribution in [2.24, 2.45) is 0 Å². The van der Waals surface area contributed by atoms with Crippen molar-refractivity contribution in [2.45, 2.75) is 0 Å². The average Bonchev–Trinajstić information content (AvgIpc) is 2.36. The highest BCUT2D eigenvalue weighted by Crippen LogP contribution is 2.24. The minimum Gasteiger partial charge on any atom is -0.465 e. The molecule has 0 aromatic heterocycles. The topological polar surface area (TPSA) is 95.7 Å². The Kier molecular flexibility index (Phi) is 3.93. The van der Waals surface area contributed by atoms with Gasteiger partial charge in [0.1, 0.15) is 16.9 Å². The molecule has 0 N–H and O–H groups in total. The molecule has 0 unspecified atom stereocenters. The van der Waals surface area contributed by atoms with Gasteiger partial charge < -0.3 is 9.47 Å². The highest BCUT2D eigenvalue weighted by Gasteiger charge is 2.26. The van der Waals surface area contributed by atoms with Crippen LogP contribution < -0.4 is 0 Å². The summed E-state index contributed by atoms with van der Waals surface area (Å²) in [6.45, 7) is 0. The van der Waals surface area contributed by atoms with E-state index in [1.807, 2.05) is 0 Å². The molecular weight excluding hydrogens is 249 g/mol. The summed E-state index contributed by atoms with van der Waals surface area (Å²) >= 11 is 0. The molecule has 0 fully saturated rings. The van der Waals surface area contributed by atoms with Crippen LogP contribution in [0.25, 0.3) is 0 Å². The summed E-state index contributed by atoms with van der Waals surface area (Å²) in [7, 11) is 2.00. The molecule has 1 rings (SSSR count). The highest BCUT2D eigenvalue weighted by molar-refractivity contribution is 5.97. The quantitative estimate of drug-likeness (QED) is 0.460. The van der Waals surface area contributed by atoms with Crippen molar-refractivity contribution in [1.82, 2.24) is 0 Å². The fourth-order valence-corrected chi connectivity index (χ4v) is 1.25. The Labute approximate surface area is 100 Å². The number of esters is 2. The second-order valence-corrected chi connectivity index (χ2v) is 3.09. The van der Waals surface area contributed by atoms with Gasteiger partial charge >= 0.3 is 11.9 Å². The molecule has 0 bridgehead atoms. The maximum atomic E-state index is 13.5. The van der Waals surface area contributed by atoms with Gasteiger partial charge in [-0.2, -0.15) is 0 Å². The SMILES string of the molecule is COC(=O)c1cc([N+](=O)[O-])c(C(=O)OC)cc1F. The Bertz CT molecular complexity index is 527. The highest BCUT2D eigenvalue weighted by atomic mass is 19.1. The van der Waals surface area contributed by atoms with Crippen LogP contribution in [0.4, 0.5) is 10.1 Å². The molecule has 0 radical (unpaired) electrons. The fourth-order valence-electron chi connectivity index (χ4n) is 1.25. The number of hydrogen-bond acceptors (Lipinski definition) is 6. The zero-order chi connectivity index (χ0) is 13.9. The van der Waals surface area contributed by atoms with Crippen LogP contribution in [0.3, 0.4) is 0 Å². The van der Waals surface area contributed by atoms with Crippen LogP contribution in [0.15, 0.2) is 12.1 Å². The molecule has 8 heteroatoms. The zero-order valence-corrected chi connectivity index (χ0v) is 9.43. The number of methoxy groups -OCH3 is 2. The summed E-state index contributed by atoms with van der Waals surface area (Å²) in [5.74, 6) is -3.25. The van der Waals surface area contributed by atoms with E-state index >= 15 is 0 Å². The summed E-state index contributed by atoms with van der Waals surface area (Å²) in [6.07, 6.45) is 0. The zero-order valence-electron chi connectivity index (χ0n) is 9.43. The Morgan fingerprint density at radius 3 is 2.11 bits per heavy atom. The number of nitrogens with zero attached hydrogens (tertiary/aromatic N) is 1. The number of nitro groups is 1. The molecule has 0 spiro atoms. The van der Waals surface area contributed by atoms with Crippen LogP contribution in [0.5, 0.6) is 0 Å². The summed E-state index contributed by atoms with van der Waals surface area (Å²) in [6, 6.07) is 1.20. The lowest BCUT2D eigenvalue weighted by molar-refractivity contribution is -0.385. The normalized spacial score (nSPS) is 9.72. The van der Waals surface area contributed by atoms with Gasteiger partial charge in [0, 0.05) is 6.07 Å². The van der Waals surface area contributed by atoms with Gasteiger partial charge in [-0.1, -0.05) is 0 Å². The van der Waals surface area contributed by atoms with E-state index in [9.17, 15) is 24.1 Å². The molecule has 1 aromatic carbocycles. The van der Waals surface area contributed by atoms with Gasteiger partial charge in [-0.3, -0.25) is 10.1 Å². The molecule has 0 aliphatic rings. The molecule has 0 aliphatic heterocycles. The predicted octanol–water partition coefficient (Wildman–Crippen LogP) is 1.31. The molecular formula is C10H8FNO6. The molecule has 18 heavy (non-hydrogen) atoms. The molecule has 0 amide bonds. The Balaban J connectivity index is 3.48. The number of halogens is 1. The van der Waals surface area contributed by atoms with Crippen LogP contribution >= 0.6 is 0 Å². The number of rotatable bonds is 3. The lowest BCUT2D eigenvalue weighted by Crippen LogP contribution is -2.11. The van der Waals surface area contributed by atoms with Gasteiger partial charge in [0.2, 0.25) is 0 Å². The van der Waals surface area contributed by atoms with Crippen molar-refractivity contribution in [3.05, 3.63) is 39.2 Å². The molecule has 0 saturated carbocycles. The molecule has 0 saturated heterocycles. The lowest BCUT2D eigenvalue weighted by atomic mass is 10.1. The fraction of sp³-hybridized carbons (Fsp3) is 0.200. The Hall–Kier alpha value is -2.51. The van der Waals surface area contributed by atoms with Crippen molar-refractivity contribution < 1.29 is 28.4 Å². The molecule has 0 atom stereocenters. The maximum absolute atomic E-state index is 13.5. The van der Waals surface area contributed by atoms with Gasteiger partial charge in [-0.25, -0.2) is 14.0 Å². The first kappa shape index (κ1) is 13.6.